The molecule has 8 nitrogen and oxygen atoms in total. The van der Waals surface area contributed by atoms with Crippen molar-refractivity contribution in [2.75, 3.05) is 11.5 Å². The number of rotatable bonds is 11. The molecule has 2 aliphatic heterocycles. The number of thioether (sulfide) groups is 1. The van der Waals surface area contributed by atoms with Crippen molar-refractivity contribution in [3.63, 3.8) is 0 Å². The zero-order chi connectivity index (χ0) is 31.5. The van der Waals surface area contributed by atoms with Crippen molar-refractivity contribution in [3.8, 4) is 11.5 Å². The summed E-state index contributed by atoms with van der Waals surface area (Å²) in [6.07, 6.45) is 3.76. The van der Waals surface area contributed by atoms with Gasteiger partial charge >= 0.3 is 5.91 Å². The molecule has 0 spiro atoms. The predicted octanol–water partition coefficient (Wildman–Crippen LogP) is 8.00. The van der Waals surface area contributed by atoms with E-state index in [2.05, 4.69) is 17.1 Å². The molecule has 1 N–H and O–H groups in total. The maximum atomic E-state index is 13.7. The minimum atomic E-state index is -0.935. The highest BCUT2D eigenvalue weighted by Crippen LogP contribution is 2.45. The molecule has 1 saturated heterocycles. The van der Waals surface area contributed by atoms with Crippen LogP contribution >= 0.6 is 34.7 Å². The Labute approximate surface area is 275 Å². The smallest absolute Gasteiger partial charge is 0.301 e. The summed E-state index contributed by atoms with van der Waals surface area (Å²) in [5, 5.41) is 21.2. The van der Waals surface area contributed by atoms with Gasteiger partial charge in [0.1, 0.15) is 23.4 Å². The minimum absolute atomic E-state index is 0.0133. The molecule has 1 fully saturated rings. The van der Waals surface area contributed by atoms with Gasteiger partial charge in [0.05, 0.1) is 18.2 Å². The fourth-order valence-electron chi connectivity index (χ4n) is 5.47. The highest BCUT2D eigenvalue weighted by Gasteiger charge is 2.48. The van der Waals surface area contributed by atoms with Crippen molar-refractivity contribution in [1.29, 1.82) is 0 Å². The van der Waals surface area contributed by atoms with Crippen LogP contribution in [0.2, 0.25) is 5.02 Å². The standard InChI is InChI=1S/C34H32ClN3O5S2/c1-3-4-5-15-42-26-8-6-7-22(18-26)29-28(30(39)23-11-14-27-24(17-23)16-20(2)43-27)31(40)32(41)38(29)33-36-37-34(45-33)44-19-21-9-12-25(35)13-10-21/h6-14,17-18,20,29,39H,3-5,15-16,19H2,1-2H3/b30-28+/t20-,29-/m0/s1. The van der Waals surface area contributed by atoms with E-state index >= 15 is 0 Å². The zero-order valence-electron chi connectivity index (χ0n) is 24.9. The second kappa shape index (κ2) is 13.6. The number of nitrogens with zero attached hydrogens (tertiary/aromatic N) is 3. The first kappa shape index (κ1) is 31.1. The molecule has 232 valence electrons. The number of hydrogen-bond acceptors (Lipinski definition) is 9. The monoisotopic (exact) mass is 661 g/mol. The molecule has 6 rings (SSSR count). The van der Waals surface area contributed by atoms with E-state index in [1.807, 2.05) is 61.5 Å². The molecule has 11 heteroatoms. The summed E-state index contributed by atoms with van der Waals surface area (Å²) in [7, 11) is 0. The molecule has 45 heavy (non-hydrogen) atoms. The highest BCUT2D eigenvalue weighted by molar-refractivity contribution is 8.00. The quantitative estimate of drug-likeness (QED) is 0.0431. The number of fused-ring (bicyclic) bond motifs is 1. The molecule has 2 atom stereocenters. The summed E-state index contributed by atoms with van der Waals surface area (Å²) in [6, 6.07) is 19.3. The van der Waals surface area contributed by atoms with Crippen molar-refractivity contribution in [3.05, 3.63) is 99.6 Å². The number of hydrogen-bond donors (Lipinski definition) is 1. The Hall–Kier alpha value is -3.86. The topological polar surface area (TPSA) is 102 Å². The van der Waals surface area contributed by atoms with Crippen LogP contribution in [0.25, 0.3) is 5.76 Å². The van der Waals surface area contributed by atoms with Gasteiger partial charge in [0.15, 0.2) is 4.34 Å². The van der Waals surface area contributed by atoms with Gasteiger partial charge in [0, 0.05) is 22.8 Å². The number of halogens is 1. The number of carbonyl (C=O) groups excluding carboxylic acids is 2. The first-order valence-corrected chi connectivity index (χ1v) is 17.0. The first-order chi connectivity index (χ1) is 21.8. The third-order valence-electron chi connectivity index (χ3n) is 7.68. The van der Waals surface area contributed by atoms with Crippen LogP contribution in [0, 0.1) is 0 Å². The maximum Gasteiger partial charge on any atom is 0.301 e. The number of unbranched alkanes of at least 4 members (excludes halogenated alkanes) is 2. The van der Waals surface area contributed by atoms with Crippen LogP contribution in [0.3, 0.4) is 0 Å². The van der Waals surface area contributed by atoms with Crippen LogP contribution in [0.15, 0.2) is 76.6 Å². The number of anilines is 1. The molecule has 1 amide bonds. The summed E-state index contributed by atoms with van der Waals surface area (Å²) >= 11 is 8.71. The number of Topliss-reactive ketones (excluding diaryl/α,β-unsaturated/α-hetero) is 1. The van der Waals surface area contributed by atoms with Crippen LogP contribution < -0.4 is 14.4 Å². The molecule has 3 aromatic carbocycles. The second-order valence-electron chi connectivity index (χ2n) is 11.0. The lowest BCUT2D eigenvalue weighted by atomic mass is 9.94. The Kier molecular flexibility index (Phi) is 9.44. The normalized spacial score (nSPS) is 18.7. The van der Waals surface area contributed by atoms with Crippen LogP contribution in [0.1, 0.15) is 61.4 Å². The molecular formula is C34H32ClN3O5S2. The van der Waals surface area contributed by atoms with Gasteiger partial charge in [-0.3, -0.25) is 14.5 Å². The lowest BCUT2D eigenvalue weighted by Gasteiger charge is -2.23. The van der Waals surface area contributed by atoms with E-state index in [-0.39, 0.29) is 22.6 Å². The highest BCUT2D eigenvalue weighted by atomic mass is 35.5. The summed E-state index contributed by atoms with van der Waals surface area (Å²) in [5.74, 6) is 0.184. The summed E-state index contributed by atoms with van der Waals surface area (Å²) in [5.41, 5.74) is 3.05. The zero-order valence-corrected chi connectivity index (χ0v) is 27.3. The lowest BCUT2D eigenvalue weighted by molar-refractivity contribution is -0.132. The number of ketones is 1. The average Bonchev–Trinajstić information content (AvgIpc) is 3.73. The first-order valence-electron chi connectivity index (χ1n) is 14.9. The minimum Gasteiger partial charge on any atom is -0.507 e. The van der Waals surface area contributed by atoms with E-state index in [1.54, 1.807) is 12.1 Å². The van der Waals surface area contributed by atoms with Crippen LogP contribution in [0.5, 0.6) is 11.5 Å². The summed E-state index contributed by atoms with van der Waals surface area (Å²) in [4.78, 5) is 28.8. The molecule has 0 unspecified atom stereocenters. The number of amides is 1. The third-order valence-corrected chi connectivity index (χ3v) is 10.1. The summed E-state index contributed by atoms with van der Waals surface area (Å²) in [6.45, 7) is 4.66. The van der Waals surface area contributed by atoms with Gasteiger partial charge < -0.3 is 14.6 Å². The van der Waals surface area contributed by atoms with Crippen molar-refractivity contribution < 1.29 is 24.2 Å². The molecule has 2 aliphatic rings. The number of carbonyl (C=O) groups is 2. The van der Waals surface area contributed by atoms with E-state index in [1.165, 1.54) is 28.0 Å². The van der Waals surface area contributed by atoms with E-state index < -0.39 is 17.7 Å². The molecule has 0 aliphatic carbocycles. The van der Waals surface area contributed by atoms with Crippen LogP contribution in [0.4, 0.5) is 5.13 Å². The molecule has 3 heterocycles. The van der Waals surface area contributed by atoms with Crippen molar-refractivity contribution >= 4 is 57.3 Å². The van der Waals surface area contributed by atoms with Crippen LogP contribution in [-0.2, 0) is 21.8 Å². The van der Waals surface area contributed by atoms with Crippen molar-refractivity contribution in [2.24, 2.45) is 0 Å². The molecule has 0 saturated carbocycles. The lowest BCUT2D eigenvalue weighted by Crippen LogP contribution is -2.29. The number of ether oxygens (including phenoxy) is 2. The Morgan fingerprint density at radius 2 is 1.93 bits per heavy atom. The van der Waals surface area contributed by atoms with Gasteiger partial charge in [-0.2, -0.15) is 0 Å². The molecular weight excluding hydrogens is 630 g/mol. The molecule has 0 bridgehead atoms. The molecule has 4 aromatic rings. The number of aliphatic hydroxyl groups excluding tert-OH is 1. The fraction of sp³-hybridized carbons (Fsp3) is 0.294. The van der Waals surface area contributed by atoms with Crippen molar-refractivity contribution in [2.45, 2.75) is 61.8 Å². The van der Waals surface area contributed by atoms with E-state index in [0.717, 1.165) is 36.1 Å². The van der Waals surface area contributed by atoms with E-state index in [9.17, 15) is 14.7 Å². The molecule has 0 radical (unpaired) electrons. The molecule has 1 aromatic heterocycles. The van der Waals surface area contributed by atoms with E-state index in [4.69, 9.17) is 21.1 Å². The Bertz CT molecular complexity index is 1760. The SMILES string of the molecule is CCCCCOc1cccc([C@H]2/C(=C(\O)c3ccc4c(c3)C[C@H](C)O4)C(=O)C(=O)N2c2nnc(SCc3ccc(Cl)cc3)s2)c1. The summed E-state index contributed by atoms with van der Waals surface area (Å²) < 4.78 is 12.5. The predicted molar refractivity (Wildman–Crippen MR) is 177 cm³/mol. The number of benzene rings is 3. The van der Waals surface area contributed by atoms with E-state index in [0.29, 0.717) is 45.0 Å². The number of aliphatic hydroxyl groups is 1. The van der Waals surface area contributed by atoms with Gasteiger partial charge in [-0.25, -0.2) is 0 Å². The largest absolute Gasteiger partial charge is 0.507 e. The van der Waals surface area contributed by atoms with Gasteiger partial charge in [0.2, 0.25) is 5.13 Å². The van der Waals surface area contributed by atoms with Gasteiger partial charge in [-0.1, -0.05) is 78.7 Å². The van der Waals surface area contributed by atoms with Gasteiger partial charge in [-0.15, -0.1) is 10.2 Å². The Morgan fingerprint density at radius 1 is 1.11 bits per heavy atom. The van der Waals surface area contributed by atoms with Gasteiger partial charge in [0.25, 0.3) is 5.78 Å². The Morgan fingerprint density at radius 3 is 2.73 bits per heavy atom. The third kappa shape index (κ3) is 6.73. The second-order valence-corrected chi connectivity index (χ2v) is 13.6. The van der Waals surface area contributed by atoms with Crippen molar-refractivity contribution in [1.82, 2.24) is 10.2 Å². The maximum absolute atomic E-state index is 13.7. The average molecular weight is 662 g/mol. The van der Waals surface area contributed by atoms with Gasteiger partial charge in [-0.05, 0) is 72.5 Å². The number of aromatic nitrogens is 2. The Balaban J connectivity index is 1.37. The fourth-order valence-corrected chi connectivity index (χ4v) is 7.42. The van der Waals surface area contributed by atoms with Crippen LogP contribution in [-0.4, -0.2) is 39.7 Å².